The number of nitrogens with zero attached hydrogens (tertiary/aromatic N) is 2. The molecule has 2 heterocycles. The fourth-order valence-electron chi connectivity index (χ4n) is 3.90. The summed E-state index contributed by atoms with van der Waals surface area (Å²) in [5.74, 6) is 2.13. The molecule has 1 aromatic heterocycles. The first-order valence-corrected chi connectivity index (χ1v) is 10.5. The maximum absolute atomic E-state index is 13.4. The van der Waals surface area contributed by atoms with Crippen molar-refractivity contribution in [2.24, 2.45) is 0 Å². The first kappa shape index (κ1) is 20.9. The Morgan fingerprint density at radius 2 is 2.03 bits per heavy atom. The number of aromatic nitrogens is 2. The number of piperidine rings is 1. The lowest BCUT2D eigenvalue weighted by Gasteiger charge is -2.30. The minimum Gasteiger partial charge on any atom is -0.493 e. The summed E-state index contributed by atoms with van der Waals surface area (Å²) in [6.07, 6.45) is 5.03. The second-order valence-electron chi connectivity index (χ2n) is 7.56. The van der Waals surface area contributed by atoms with Crippen molar-refractivity contribution < 1.29 is 18.7 Å². The van der Waals surface area contributed by atoms with Crippen molar-refractivity contribution in [2.45, 2.75) is 25.7 Å². The number of fused-ring (bicyclic) bond motifs is 1. The van der Waals surface area contributed by atoms with Crippen LogP contribution < -0.4 is 9.47 Å². The lowest BCUT2D eigenvalue weighted by atomic mass is 9.96. The number of ether oxygens (including phenoxy) is 2. The van der Waals surface area contributed by atoms with Crippen LogP contribution in [0.25, 0.3) is 17.1 Å². The normalized spacial score (nSPS) is 15.0. The molecule has 2 aromatic carbocycles. The summed E-state index contributed by atoms with van der Waals surface area (Å²) in [4.78, 5) is 22.3. The van der Waals surface area contributed by atoms with Crippen molar-refractivity contribution in [3.05, 3.63) is 59.7 Å². The third-order valence-corrected chi connectivity index (χ3v) is 5.56. The number of methoxy groups -OCH3 is 1. The quantitative estimate of drug-likeness (QED) is 0.592. The smallest absolute Gasteiger partial charge is 0.246 e. The molecule has 1 fully saturated rings. The van der Waals surface area contributed by atoms with E-state index >= 15 is 0 Å². The Morgan fingerprint density at radius 3 is 2.77 bits per heavy atom. The molecule has 0 spiro atoms. The van der Waals surface area contributed by atoms with E-state index in [9.17, 15) is 9.18 Å². The molecular formula is C24H26FN3O3. The van der Waals surface area contributed by atoms with Crippen molar-refractivity contribution in [1.29, 1.82) is 0 Å². The molecule has 0 unspecified atom stereocenters. The van der Waals surface area contributed by atoms with E-state index in [0.29, 0.717) is 36.7 Å². The second-order valence-corrected chi connectivity index (χ2v) is 7.56. The van der Waals surface area contributed by atoms with Crippen LogP contribution in [-0.4, -0.2) is 47.6 Å². The maximum atomic E-state index is 13.4. The van der Waals surface area contributed by atoms with E-state index in [2.05, 4.69) is 9.97 Å². The highest BCUT2D eigenvalue weighted by atomic mass is 19.1. The molecule has 1 aliphatic rings. The molecule has 3 aromatic rings. The van der Waals surface area contributed by atoms with Gasteiger partial charge in [-0.05, 0) is 61.7 Å². The van der Waals surface area contributed by atoms with Gasteiger partial charge in [0.2, 0.25) is 5.91 Å². The Kier molecular flexibility index (Phi) is 6.21. The number of hydrogen-bond acceptors (Lipinski definition) is 4. The molecule has 1 saturated heterocycles. The molecule has 0 aliphatic carbocycles. The van der Waals surface area contributed by atoms with Crippen LogP contribution in [0, 0.1) is 5.82 Å². The first-order valence-electron chi connectivity index (χ1n) is 10.5. The van der Waals surface area contributed by atoms with Crippen LogP contribution in [0.4, 0.5) is 4.39 Å². The van der Waals surface area contributed by atoms with Gasteiger partial charge in [-0.1, -0.05) is 6.07 Å². The highest BCUT2D eigenvalue weighted by molar-refractivity contribution is 5.92. The number of benzene rings is 2. The Balaban J connectivity index is 1.36. The fourth-order valence-corrected chi connectivity index (χ4v) is 3.90. The molecule has 6 nitrogen and oxygen atoms in total. The lowest BCUT2D eigenvalue weighted by Crippen LogP contribution is -2.37. The highest BCUT2D eigenvalue weighted by Crippen LogP contribution is 2.30. The van der Waals surface area contributed by atoms with Crippen molar-refractivity contribution in [1.82, 2.24) is 14.9 Å². The summed E-state index contributed by atoms with van der Waals surface area (Å²) in [5.41, 5.74) is 2.35. The van der Waals surface area contributed by atoms with Gasteiger partial charge in [-0.15, -0.1) is 0 Å². The zero-order valence-electron chi connectivity index (χ0n) is 17.7. The average Bonchev–Trinajstić information content (AvgIpc) is 3.21. The van der Waals surface area contributed by atoms with Gasteiger partial charge >= 0.3 is 0 Å². The zero-order chi connectivity index (χ0) is 21.8. The SMILES string of the molecule is CCOc1ccc(/C=C/C(=O)N2CCC(c3nc4ccc(F)cc4[nH]3)CC2)cc1OC. The Bertz CT molecular complexity index is 1100. The van der Waals surface area contributed by atoms with E-state index in [1.807, 2.05) is 30.0 Å². The van der Waals surface area contributed by atoms with Gasteiger partial charge in [-0.25, -0.2) is 9.37 Å². The molecule has 7 heteroatoms. The second kappa shape index (κ2) is 9.20. The van der Waals surface area contributed by atoms with Crippen LogP contribution in [-0.2, 0) is 4.79 Å². The predicted molar refractivity (Wildman–Crippen MR) is 118 cm³/mol. The first-order chi connectivity index (χ1) is 15.1. The molecule has 0 saturated carbocycles. The Labute approximate surface area is 180 Å². The van der Waals surface area contributed by atoms with E-state index in [1.165, 1.54) is 12.1 Å². The van der Waals surface area contributed by atoms with Crippen molar-refractivity contribution >= 4 is 23.0 Å². The van der Waals surface area contributed by atoms with Gasteiger partial charge in [-0.3, -0.25) is 4.79 Å². The van der Waals surface area contributed by atoms with Crippen LogP contribution in [0.2, 0.25) is 0 Å². The topological polar surface area (TPSA) is 67.5 Å². The number of rotatable bonds is 6. The molecule has 1 amide bonds. The summed E-state index contributed by atoms with van der Waals surface area (Å²) in [7, 11) is 1.60. The standard InChI is InChI=1S/C24H26FN3O3/c1-3-31-21-8-4-16(14-22(21)30-2)5-9-23(29)28-12-10-17(11-13-28)24-26-19-7-6-18(25)15-20(19)27-24/h4-9,14-15,17H,3,10-13H2,1-2H3,(H,26,27)/b9-5+. The molecular weight excluding hydrogens is 397 g/mol. The fraction of sp³-hybridized carbons (Fsp3) is 0.333. The summed E-state index contributed by atoms with van der Waals surface area (Å²) in [6.45, 7) is 3.80. The minimum absolute atomic E-state index is 0.0158. The molecule has 0 radical (unpaired) electrons. The van der Waals surface area contributed by atoms with E-state index in [0.717, 1.165) is 29.7 Å². The zero-order valence-corrected chi connectivity index (χ0v) is 17.7. The number of carbonyl (C=O) groups excluding carboxylic acids is 1. The molecule has 0 bridgehead atoms. The molecule has 31 heavy (non-hydrogen) atoms. The van der Waals surface area contributed by atoms with Gasteiger partial charge in [0.1, 0.15) is 11.6 Å². The summed E-state index contributed by atoms with van der Waals surface area (Å²) >= 11 is 0. The van der Waals surface area contributed by atoms with Crippen LogP contribution in [0.15, 0.2) is 42.5 Å². The van der Waals surface area contributed by atoms with E-state index in [4.69, 9.17) is 9.47 Å². The molecule has 1 N–H and O–H groups in total. The van der Waals surface area contributed by atoms with Gasteiger partial charge < -0.3 is 19.4 Å². The Hall–Kier alpha value is -3.35. The third kappa shape index (κ3) is 4.71. The molecule has 162 valence electrons. The van der Waals surface area contributed by atoms with Crippen LogP contribution >= 0.6 is 0 Å². The maximum Gasteiger partial charge on any atom is 0.246 e. The van der Waals surface area contributed by atoms with E-state index < -0.39 is 0 Å². The van der Waals surface area contributed by atoms with Gasteiger partial charge in [0.25, 0.3) is 0 Å². The van der Waals surface area contributed by atoms with Crippen LogP contribution in [0.1, 0.15) is 37.1 Å². The highest BCUT2D eigenvalue weighted by Gasteiger charge is 2.25. The predicted octanol–water partition coefficient (Wildman–Crippen LogP) is 4.53. The largest absolute Gasteiger partial charge is 0.493 e. The minimum atomic E-state index is -0.278. The Morgan fingerprint density at radius 1 is 1.23 bits per heavy atom. The lowest BCUT2D eigenvalue weighted by molar-refractivity contribution is -0.127. The number of H-pyrrole nitrogens is 1. The van der Waals surface area contributed by atoms with Crippen molar-refractivity contribution in [2.75, 3.05) is 26.8 Å². The molecule has 0 atom stereocenters. The van der Waals surface area contributed by atoms with Crippen LogP contribution in [0.3, 0.4) is 0 Å². The van der Waals surface area contributed by atoms with Gasteiger partial charge in [0.15, 0.2) is 11.5 Å². The third-order valence-electron chi connectivity index (χ3n) is 5.56. The van der Waals surface area contributed by atoms with E-state index in [1.54, 1.807) is 25.3 Å². The van der Waals surface area contributed by atoms with Crippen LogP contribution in [0.5, 0.6) is 11.5 Å². The number of likely N-dealkylation sites (tertiary alicyclic amines) is 1. The number of halogens is 1. The summed E-state index contributed by atoms with van der Waals surface area (Å²) in [6, 6.07) is 10.2. The number of amides is 1. The monoisotopic (exact) mass is 423 g/mol. The number of nitrogens with one attached hydrogen (secondary N) is 1. The van der Waals surface area contributed by atoms with Crippen molar-refractivity contribution in [3.63, 3.8) is 0 Å². The van der Waals surface area contributed by atoms with Gasteiger partial charge in [-0.2, -0.15) is 0 Å². The number of imidazole rings is 1. The van der Waals surface area contributed by atoms with Crippen molar-refractivity contribution in [3.8, 4) is 11.5 Å². The van der Waals surface area contributed by atoms with E-state index in [-0.39, 0.29) is 17.6 Å². The molecule has 1 aliphatic heterocycles. The number of hydrogen-bond donors (Lipinski definition) is 1. The molecule has 4 rings (SSSR count). The van der Waals surface area contributed by atoms with Gasteiger partial charge in [0, 0.05) is 25.1 Å². The number of carbonyl (C=O) groups is 1. The average molecular weight is 423 g/mol. The van der Waals surface area contributed by atoms with Gasteiger partial charge in [0.05, 0.1) is 24.8 Å². The summed E-state index contributed by atoms with van der Waals surface area (Å²) < 4.78 is 24.3. The summed E-state index contributed by atoms with van der Waals surface area (Å²) in [5, 5.41) is 0. The number of aromatic amines is 1.